The van der Waals surface area contributed by atoms with Gasteiger partial charge in [0.2, 0.25) is 0 Å². The van der Waals surface area contributed by atoms with Crippen molar-refractivity contribution in [2.75, 3.05) is 13.2 Å². The average Bonchev–Trinajstić information content (AvgIpc) is 2.94. The summed E-state index contributed by atoms with van der Waals surface area (Å²) < 4.78 is 5.08. The summed E-state index contributed by atoms with van der Waals surface area (Å²) in [6, 6.07) is 7.31. The summed E-state index contributed by atoms with van der Waals surface area (Å²) >= 11 is 1.44. The lowest BCUT2D eigenvalue weighted by Gasteiger charge is -2.33. The first kappa shape index (κ1) is 21.4. The number of amides is 1. The maximum Gasteiger partial charge on any atom is 0.286 e. The third kappa shape index (κ3) is 5.63. The number of likely N-dealkylation sites (tertiary alicyclic amines) is 1. The Hall–Kier alpha value is -2.28. The Bertz CT molecular complexity index is 830. The smallest absolute Gasteiger partial charge is 0.286 e. The van der Waals surface area contributed by atoms with E-state index >= 15 is 0 Å². The SMILES string of the molecule is CC[C@H]1CC(C)(C)CCCN1C1=NC(=O)/C(=C/c2ccc(OCC(=O)[O-])cc2)S1. The zero-order valence-electron chi connectivity index (χ0n) is 17.1. The Balaban J connectivity index is 1.70. The second-order valence-electron chi connectivity index (χ2n) is 8.27. The van der Waals surface area contributed by atoms with Gasteiger partial charge in [-0.3, -0.25) is 4.79 Å². The quantitative estimate of drug-likeness (QED) is 0.688. The molecule has 0 aromatic heterocycles. The minimum atomic E-state index is -1.27. The molecule has 2 aliphatic heterocycles. The van der Waals surface area contributed by atoms with Crippen molar-refractivity contribution < 1.29 is 19.4 Å². The Labute approximate surface area is 176 Å². The molecule has 2 aliphatic rings. The van der Waals surface area contributed by atoms with Crippen LogP contribution in [0.25, 0.3) is 6.08 Å². The highest BCUT2D eigenvalue weighted by Gasteiger charge is 2.34. The Morgan fingerprint density at radius 2 is 2.10 bits per heavy atom. The van der Waals surface area contributed by atoms with E-state index in [-0.39, 0.29) is 5.91 Å². The number of nitrogens with zero attached hydrogens (tertiary/aromatic N) is 2. The molecule has 1 aromatic rings. The molecule has 0 bridgehead atoms. The predicted molar refractivity (Wildman–Crippen MR) is 113 cm³/mol. The van der Waals surface area contributed by atoms with E-state index in [0.29, 0.717) is 22.1 Å². The maximum absolute atomic E-state index is 12.5. The van der Waals surface area contributed by atoms with Gasteiger partial charge in [0.1, 0.15) is 12.4 Å². The van der Waals surface area contributed by atoms with Gasteiger partial charge in [0.15, 0.2) is 5.17 Å². The molecule has 0 saturated carbocycles. The Morgan fingerprint density at radius 1 is 1.38 bits per heavy atom. The second kappa shape index (κ2) is 9.03. The van der Waals surface area contributed by atoms with Crippen molar-refractivity contribution in [1.82, 2.24) is 4.90 Å². The van der Waals surface area contributed by atoms with Crippen LogP contribution >= 0.6 is 11.8 Å². The molecule has 3 rings (SSSR count). The van der Waals surface area contributed by atoms with E-state index in [2.05, 4.69) is 30.7 Å². The zero-order valence-corrected chi connectivity index (χ0v) is 18.0. The number of rotatable bonds is 5. The number of ether oxygens (including phenoxy) is 1. The molecule has 0 aliphatic carbocycles. The fraction of sp³-hybridized carbons (Fsp3) is 0.500. The first-order valence-corrected chi connectivity index (χ1v) is 10.8. The van der Waals surface area contributed by atoms with Gasteiger partial charge in [-0.05, 0) is 66.6 Å². The lowest BCUT2D eigenvalue weighted by atomic mass is 9.82. The van der Waals surface area contributed by atoms with Gasteiger partial charge in [-0.1, -0.05) is 32.9 Å². The molecule has 0 radical (unpaired) electrons. The summed E-state index contributed by atoms with van der Waals surface area (Å²) in [5.41, 5.74) is 1.14. The minimum absolute atomic E-state index is 0.208. The fourth-order valence-electron chi connectivity index (χ4n) is 3.85. The van der Waals surface area contributed by atoms with Crippen LogP contribution in [0.1, 0.15) is 52.0 Å². The molecule has 1 atom stereocenters. The number of aliphatic imine (C=N–C) groups is 1. The van der Waals surface area contributed by atoms with Crippen LogP contribution in [0.5, 0.6) is 5.75 Å². The van der Waals surface area contributed by atoms with Gasteiger partial charge >= 0.3 is 0 Å². The number of carboxylic acids is 1. The van der Waals surface area contributed by atoms with Crippen molar-refractivity contribution in [3.63, 3.8) is 0 Å². The summed E-state index contributed by atoms with van der Waals surface area (Å²) in [6.07, 6.45) is 6.23. The van der Waals surface area contributed by atoms with E-state index in [1.807, 2.05) is 6.08 Å². The first-order valence-electron chi connectivity index (χ1n) is 9.99. The van der Waals surface area contributed by atoms with Gasteiger partial charge in [0, 0.05) is 12.6 Å². The van der Waals surface area contributed by atoms with Gasteiger partial charge in [-0.15, -0.1) is 0 Å². The molecule has 29 heavy (non-hydrogen) atoms. The molecule has 0 N–H and O–H groups in total. The highest BCUT2D eigenvalue weighted by Crippen LogP contribution is 2.38. The topological polar surface area (TPSA) is 82.0 Å². The van der Waals surface area contributed by atoms with Crippen molar-refractivity contribution in [2.45, 2.75) is 52.5 Å². The summed E-state index contributed by atoms with van der Waals surface area (Å²) in [7, 11) is 0. The molecule has 2 heterocycles. The number of hydrogen-bond donors (Lipinski definition) is 0. The lowest BCUT2D eigenvalue weighted by molar-refractivity contribution is -0.307. The second-order valence-corrected chi connectivity index (χ2v) is 9.28. The number of benzene rings is 1. The lowest BCUT2D eigenvalue weighted by Crippen LogP contribution is -2.38. The number of aliphatic carboxylic acids is 1. The third-order valence-electron chi connectivity index (χ3n) is 5.34. The van der Waals surface area contributed by atoms with Crippen LogP contribution in [0.3, 0.4) is 0 Å². The van der Waals surface area contributed by atoms with E-state index in [1.165, 1.54) is 18.2 Å². The van der Waals surface area contributed by atoms with Crippen LogP contribution in [-0.2, 0) is 9.59 Å². The van der Waals surface area contributed by atoms with Gasteiger partial charge in [-0.2, -0.15) is 4.99 Å². The number of hydrogen-bond acceptors (Lipinski definition) is 6. The van der Waals surface area contributed by atoms with E-state index in [9.17, 15) is 14.7 Å². The van der Waals surface area contributed by atoms with Crippen LogP contribution in [0.2, 0.25) is 0 Å². The molecule has 6 nitrogen and oxygen atoms in total. The molecule has 7 heteroatoms. The monoisotopic (exact) mass is 415 g/mol. The summed E-state index contributed by atoms with van der Waals surface area (Å²) in [4.78, 5) is 30.2. The fourth-order valence-corrected chi connectivity index (χ4v) is 4.86. The van der Waals surface area contributed by atoms with Crippen LogP contribution in [0.15, 0.2) is 34.2 Å². The van der Waals surface area contributed by atoms with Gasteiger partial charge in [-0.25, -0.2) is 0 Å². The third-order valence-corrected chi connectivity index (χ3v) is 6.36. The predicted octanol–water partition coefficient (Wildman–Crippen LogP) is 3.08. The van der Waals surface area contributed by atoms with Crippen LogP contribution in [-0.4, -0.2) is 41.1 Å². The number of amidine groups is 1. The molecule has 0 spiro atoms. The molecule has 1 fully saturated rings. The highest BCUT2D eigenvalue weighted by molar-refractivity contribution is 8.18. The van der Waals surface area contributed by atoms with Crippen LogP contribution in [0.4, 0.5) is 0 Å². The summed E-state index contributed by atoms with van der Waals surface area (Å²) in [5, 5.41) is 11.3. The van der Waals surface area contributed by atoms with Crippen LogP contribution < -0.4 is 9.84 Å². The molecule has 1 aromatic carbocycles. The number of carboxylic acid groups (broad SMARTS) is 1. The Morgan fingerprint density at radius 3 is 2.76 bits per heavy atom. The molecular formula is C22H27N2O4S-. The number of carbonyl (C=O) groups is 2. The van der Waals surface area contributed by atoms with E-state index in [0.717, 1.165) is 36.5 Å². The van der Waals surface area contributed by atoms with Crippen molar-refractivity contribution in [2.24, 2.45) is 10.4 Å². The average molecular weight is 416 g/mol. The van der Waals surface area contributed by atoms with Crippen LogP contribution in [0, 0.1) is 5.41 Å². The largest absolute Gasteiger partial charge is 0.546 e. The molecule has 1 amide bonds. The van der Waals surface area contributed by atoms with Crippen molar-refractivity contribution in [3.8, 4) is 5.75 Å². The molecule has 156 valence electrons. The standard InChI is InChI=1S/C22H28N2O4S/c1-4-16-13-22(2,3)10-5-11-24(16)21-23-20(27)18(29-21)12-15-6-8-17(9-7-15)28-14-19(25)26/h6-9,12,16H,4-5,10-11,13-14H2,1-3H3,(H,25,26)/p-1/b18-12-/t16-/m0/s1. The van der Waals surface area contributed by atoms with Gasteiger partial charge in [0.25, 0.3) is 5.91 Å². The molecule has 0 unspecified atom stereocenters. The van der Waals surface area contributed by atoms with Crippen molar-refractivity contribution in [3.05, 3.63) is 34.7 Å². The van der Waals surface area contributed by atoms with E-state index < -0.39 is 12.6 Å². The van der Waals surface area contributed by atoms with Gasteiger partial charge in [0.05, 0.1) is 10.9 Å². The van der Waals surface area contributed by atoms with Gasteiger partial charge < -0.3 is 19.5 Å². The maximum atomic E-state index is 12.5. The summed E-state index contributed by atoms with van der Waals surface area (Å²) in [6.45, 7) is 7.27. The number of carbonyl (C=O) groups excluding carboxylic acids is 2. The molecule has 1 saturated heterocycles. The van der Waals surface area contributed by atoms with Crippen molar-refractivity contribution >= 4 is 34.9 Å². The van der Waals surface area contributed by atoms with E-state index in [1.54, 1.807) is 24.3 Å². The molecular weight excluding hydrogens is 388 g/mol. The summed E-state index contributed by atoms with van der Waals surface area (Å²) in [5.74, 6) is -1.03. The first-order chi connectivity index (χ1) is 13.8. The minimum Gasteiger partial charge on any atom is -0.546 e. The zero-order chi connectivity index (χ0) is 21.0. The van der Waals surface area contributed by atoms with Crippen molar-refractivity contribution in [1.29, 1.82) is 0 Å². The van der Waals surface area contributed by atoms with E-state index in [4.69, 9.17) is 4.74 Å². The Kier molecular flexibility index (Phi) is 6.67. The highest BCUT2D eigenvalue weighted by atomic mass is 32.2. The number of thioether (sulfide) groups is 1. The normalized spacial score (nSPS) is 23.1.